The van der Waals surface area contributed by atoms with E-state index in [0.29, 0.717) is 13.2 Å². The van der Waals surface area contributed by atoms with Gasteiger partial charge in [0.1, 0.15) is 6.10 Å². The van der Waals surface area contributed by atoms with Crippen molar-refractivity contribution in [2.45, 2.75) is 52.2 Å². The van der Waals surface area contributed by atoms with Gasteiger partial charge in [-0.15, -0.1) is 11.3 Å². The monoisotopic (exact) mass is 429 g/mol. The Morgan fingerprint density at radius 2 is 2.23 bits per heavy atom. The van der Waals surface area contributed by atoms with E-state index in [4.69, 9.17) is 4.74 Å². The van der Waals surface area contributed by atoms with Crippen LogP contribution in [0.25, 0.3) is 0 Å². The third-order valence-corrected chi connectivity index (χ3v) is 5.96. The molecule has 2 heterocycles. The van der Waals surface area contributed by atoms with E-state index in [9.17, 15) is 4.79 Å². The number of aromatic nitrogens is 1. The van der Waals surface area contributed by atoms with Crippen LogP contribution in [0, 0.1) is 0 Å². The molecule has 162 valence electrons. The maximum absolute atomic E-state index is 12.2. The van der Waals surface area contributed by atoms with Crippen molar-refractivity contribution in [3.63, 3.8) is 0 Å². The summed E-state index contributed by atoms with van der Waals surface area (Å²) in [6.07, 6.45) is 5.26. The van der Waals surface area contributed by atoms with Crippen LogP contribution < -0.4 is 16.0 Å². The van der Waals surface area contributed by atoms with E-state index in [0.717, 1.165) is 61.0 Å². The molecule has 1 unspecified atom stereocenters. The Labute approximate surface area is 182 Å². The molecule has 3 N–H and O–H groups in total. The van der Waals surface area contributed by atoms with E-state index >= 15 is 0 Å². The highest BCUT2D eigenvalue weighted by molar-refractivity contribution is 7.11. The molecular formula is C22H31N5O2S. The predicted octanol–water partition coefficient (Wildman–Crippen LogP) is 3.12. The van der Waals surface area contributed by atoms with Gasteiger partial charge in [-0.2, -0.15) is 0 Å². The quantitative estimate of drug-likeness (QED) is 0.421. The standard InChI is InChI=1S/C22H31N5O2S/c1-3-18-15-25-20(30-18)10-11-24-22(23-4-2)26-14-16-7-5-8-17(13-16)27-21(28)19-9-6-12-29-19/h5,7-8,13,15,19H,3-4,6,9-12,14H2,1-2H3,(H,27,28)(H2,23,24,26). The fourth-order valence-corrected chi connectivity index (χ4v) is 4.04. The number of carbonyl (C=O) groups excluding carboxylic acids is 1. The van der Waals surface area contributed by atoms with E-state index in [1.54, 1.807) is 11.3 Å². The Balaban J connectivity index is 1.52. The van der Waals surface area contributed by atoms with Crippen molar-refractivity contribution >= 4 is 28.9 Å². The van der Waals surface area contributed by atoms with Crippen molar-refractivity contribution in [1.82, 2.24) is 15.6 Å². The lowest BCUT2D eigenvalue weighted by Gasteiger charge is -2.12. The van der Waals surface area contributed by atoms with E-state index in [2.05, 4.69) is 32.9 Å². The summed E-state index contributed by atoms with van der Waals surface area (Å²) in [5.41, 5.74) is 1.81. The van der Waals surface area contributed by atoms with E-state index in [1.807, 2.05) is 37.4 Å². The van der Waals surface area contributed by atoms with E-state index in [1.165, 1.54) is 4.88 Å². The molecule has 30 heavy (non-hydrogen) atoms. The van der Waals surface area contributed by atoms with Crippen LogP contribution in [0.5, 0.6) is 0 Å². The zero-order valence-electron chi connectivity index (χ0n) is 17.7. The molecular weight excluding hydrogens is 398 g/mol. The number of ether oxygens (including phenoxy) is 1. The first-order valence-corrected chi connectivity index (χ1v) is 11.5. The van der Waals surface area contributed by atoms with Crippen molar-refractivity contribution < 1.29 is 9.53 Å². The lowest BCUT2D eigenvalue weighted by molar-refractivity contribution is -0.124. The molecule has 7 nitrogen and oxygen atoms in total. The molecule has 1 aliphatic heterocycles. The van der Waals surface area contributed by atoms with Crippen LogP contribution in [0.2, 0.25) is 0 Å². The Morgan fingerprint density at radius 1 is 1.33 bits per heavy atom. The van der Waals surface area contributed by atoms with Gasteiger partial charge in [-0.1, -0.05) is 19.1 Å². The van der Waals surface area contributed by atoms with Gasteiger partial charge < -0.3 is 20.7 Å². The molecule has 1 amide bonds. The highest BCUT2D eigenvalue weighted by Gasteiger charge is 2.23. The maximum atomic E-state index is 12.2. The van der Waals surface area contributed by atoms with Crippen LogP contribution in [-0.4, -0.2) is 42.7 Å². The summed E-state index contributed by atoms with van der Waals surface area (Å²) < 4.78 is 5.45. The molecule has 2 aromatic rings. The van der Waals surface area contributed by atoms with Gasteiger partial charge in [-0.3, -0.25) is 4.79 Å². The molecule has 0 bridgehead atoms. The molecule has 1 atom stereocenters. The lowest BCUT2D eigenvalue weighted by atomic mass is 10.2. The average Bonchev–Trinajstić information content (AvgIpc) is 3.44. The van der Waals surface area contributed by atoms with Gasteiger partial charge in [0.2, 0.25) is 0 Å². The van der Waals surface area contributed by atoms with Crippen LogP contribution in [-0.2, 0) is 28.9 Å². The molecule has 1 saturated heterocycles. The fraction of sp³-hybridized carbons (Fsp3) is 0.500. The summed E-state index contributed by atoms with van der Waals surface area (Å²) in [6, 6.07) is 7.80. The molecule has 8 heteroatoms. The Kier molecular flexibility index (Phi) is 8.65. The number of nitrogens with one attached hydrogen (secondary N) is 3. The summed E-state index contributed by atoms with van der Waals surface area (Å²) in [7, 11) is 0. The van der Waals surface area contributed by atoms with Gasteiger partial charge in [0.05, 0.1) is 11.6 Å². The molecule has 0 aliphatic carbocycles. The predicted molar refractivity (Wildman–Crippen MR) is 122 cm³/mol. The molecule has 1 aromatic heterocycles. The molecule has 1 aromatic carbocycles. The van der Waals surface area contributed by atoms with Gasteiger partial charge in [0.15, 0.2) is 5.96 Å². The van der Waals surface area contributed by atoms with E-state index in [-0.39, 0.29) is 12.0 Å². The molecule has 0 saturated carbocycles. The first-order chi connectivity index (χ1) is 14.7. The van der Waals surface area contributed by atoms with Gasteiger partial charge in [-0.05, 0) is 43.9 Å². The summed E-state index contributed by atoms with van der Waals surface area (Å²) in [6.45, 7) is 6.95. The van der Waals surface area contributed by atoms with Crippen molar-refractivity contribution in [3.05, 3.63) is 45.9 Å². The number of guanidine groups is 1. The topological polar surface area (TPSA) is 87.6 Å². The highest BCUT2D eigenvalue weighted by atomic mass is 32.1. The highest BCUT2D eigenvalue weighted by Crippen LogP contribution is 2.17. The summed E-state index contributed by atoms with van der Waals surface area (Å²) in [5, 5.41) is 10.7. The Hall–Kier alpha value is -2.45. The van der Waals surface area contributed by atoms with Crippen molar-refractivity contribution in [2.75, 3.05) is 25.0 Å². The van der Waals surface area contributed by atoms with Crippen LogP contribution in [0.3, 0.4) is 0 Å². The number of carbonyl (C=O) groups is 1. The summed E-state index contributed by atoms with van der Waals surface area (Å²) in [5.74, 6) is 0.704. The van der Waals surface area contributed by atoms with Crippen LogP contribution >= 0.6 is 11.3 Å². The molecule has 3 rings (SSSR count). The first-order valence-electron chi connectivity index (χ1n) is 10.6. The van der Waals surface area contributed by atoms with Crippen molar-refractivity contribution in [2.24, 2.45) is 4.99 Å². The number of rotatable bonds is 9. The smallest absolute Gasteiger partial charge is 0.253 e. The zero-order chi connectivity index (χ0) is 21.2. The number of thiazole rings is 1. The van der Waals surface area contributed by atoms with Crippen molar-refractivity contribution in [3.8, 4) is 0 Å². The third-order valence-electron chi connectivity index (χ3n) is 4.76. The lowest BCUT2D eigenvalue weighted by Crippen LogP contribution is -2.38. The fourth-order valence-electron chi connectivity index (χ4n) is 3.18. The average molecular weight is 430 g/mol. The second-order valence-electron chi connectivity index (χ2n) is 7.14. The minimum atomic E-state index is -0.331. The number of aryl methyl sites for hydroxylation is 1. The molecule has 1 aliphatic rings. The Morgan fingerprint density at radius 3 is 2.97 bits per heavy atom. The van der Waals surface area contributed by atoms with Gasteiger partial charge in [0, 0.05) is 42.9 Å². The largest absolute Gasteiger partial charge is 0.368 e. The minimum Gasteiger partial charge on any atom is -0.368 e. The normalized spacial score (nSPS) is 16.5. The number of hydrogen-bond acceptors (Lipinski definition) is 5. The maximum Gasteiger partial charge on any atom is 0.253 e. The third kappa shape index (κ3) is 6.81. The zero-order valence-corrected chi connectivity index (χ0v) is 18.6. The van der Waals surface area contributed by atoms with E-state index < -0.39 is 0 Å². The van der Waals surface area contributed by atoms with Gasteiger partial charge >= 0.3 is 0 Å². The van der Waals surface area contributed by atoms with Crippen molar-refractivity contribution in [1.29, 1.82) is 0 Å². The van der Waals surface area contributed by atoms with Gasteiger partial charge in [0.25, 0.3) is 5.91 Å². The number of amides is 1. The molecule has 0 spiro atoms. The van der Waals surface area contributed by atoms with Crippen LogP contribution in [0.15, 0.2) is 35.5 Å². The SMILES string of the molecule is CCNC(=NCc1cccc(NC(=O)C2CCCO2)c1)NCCc1ncc(CC)s1. The number of anilines is 1. The van der Waals surface area contributed by atoms with Crippen LogP contribution in [0.4, 0.5) is 5.69 Å². The second kappa shape index (κ2) is 11.7. The molecule has 1 fully saturated rings. The van der Waals surface area contributed by atoms with Crippen LogP contribution in [0.1, 0.15) is 42.1 Å². The second-order valence-corrected chi connectivity index (χ2v) is 8.34. The minimum absolute atomic E-state index is 0.0726. The number of nitrogens with zero attached hydrogens (tertiary/aromatic N) is 2. The number of aliphatic imine (C=N–C) groups is 1. The number of hydrogen-bond donors (Lipinski definition) is 3. The first kappa shape index (κ1) is 22.2. The molecule has 0 radical (unpaired) electrons. The van der Waals surface area contributed by atoms with Gasteiger partial charge in [-0.25, -0.2) is 9.98 Å². The number of benzene rings is 1. The summed E-state index contributed by atoms with van der Waals surface area (Å²) in [4.78, 5) is 22.7. The Bertz CT molecular complexity index is 846. The summed E-state index contributed by atoms with van der Waals surface area (Å²) >= 11 is 1.77.